The van der Waals surface area contributed by atoms with E-state index >= 15 is 0 Å². The van der Waals surface area contributed by atoms with Gasteiger partial charge >= 0.3 is 0 Å². The molecule has 0 bridgehead atoms. The maximum absolute atomic E-state index is 13.0. The molecule has 2 aromatic carbocycles. The van der Waals surface area contributed by atoms with Gasteiger partial charge in [-0.05, 0) is 86.4 Å². The van der Waals surface area contributed by atoms with Crippen molar-refractivity contribution in [3.8, 4) is 0 Å². The number of hydrogen-bond donors (Lipinski definition) is 2. The fourth-order valence-electron chi connectivity index (χ4n) is 3.84. The Morgan fingerprint density at radius 1 is 1.15 bits per heavy atom. The number of carbonyl (C=O) groups is 1. The topological polar surface area (TPSA) is 48.1 Å². The second kappa shape index (κ2) is 7.53. The first-order valence-corrected chi connectivity index (χ1v) is 9.54. The highest BCUT2D eigenvalue weighted by Gasteiger charge is 2.20. The third-order valence-corrected chi connectivity index (χ3v) is 5.50. The van der Waals surface area contributed by atoms with E-state index in [4.69, 9.17) is 0 Å². The number of H-pyrrole nitrogens is 1. The molecule has 1 aliphatic rings. The summed E-state index contributed by atoms with van der Waals surface area (Å²) in [5.41, 5.74) is 3.38. The molecule has 1 aromatic heterocycles. The van der Waals surface area contributed by atoms with E-state index in [0.29, 0.717) is 17.3 Å². The van der Waals surface area contributed by atoms with E-state index in [1.165, 1.54) is 30.5 Å². The molecule has 27 heavy (non-hydrogen) atoms. The van der Waals surface area contributed by atoms with Gasteiger partial charge in [0.15, 0.2) is 0 Å². The number of carbonyl (C=O) groups excluding carboxylic acids is 1. The molecule has 2 N–H and O–H groups in total. The van der Waals surface area contributed by atoms with Crippen molar-refractivity contribution in [2.45, 2.75) is 25.7 Å². The molecule has 1 saturated heterocycles. The average Bonchev–Trinajstić information content (AvgIpc) is 3.13. The average molecular weight is 365 g/mol. The lowest BCUT2D eigenvalue weighted by molar-refractivity contribution is 0.102. The maximum atomic E-state index is 13.0. The molecule has 0 atom stereocenters. The van der Waals surface area contributed by atoms with Crippen molar-refractivity contribution >= 4 is 22.5 Å². The second-order valence-corrected chi connectivity index (χ2v) is 7.20. The Bertz CT molecular complexity index is 940. The van der Waals surface area contributed by atoms with E-state index in [2.05, 4.69) is 40.3 Å². The second-order valence-electron chi connectivity index (χ2n) is 7.20. The number of amides is 1. The summed E-state index contributed by atoms with van der Waals surface area (Å²) >= 11 is 0. The van der Waals surface area contributed by atoms with Gasteiger partial charge in [0.1, 0.15) is 11.5 Å². The van der Waals surface area contributed by atoms with Crippen molar-refractivity contribution in [2.24, 2.45) is 0 Å². The lowest BCUT2D eigenvalue weighted by atomic mass is 9.89. The summed E-state index contributed by atoms with van der Waals surface area (Å²) in [4.78, 5) is 18.2. The third-order valence-electron chi connectivity index (χ3n) is 5.50. The van der Waals surface area contributed by atoms with Crippen molar-refractivity contribution in [1.82, 2.24) is 9.88 Å². The number of fused-ring (bicyclic) bond motifs is 1. The molecule has 0 radical (unpaired) electrons. The minimum Gasteiger partial charge on any atom is -0.351 e. The van der Waals surface area contributed by atoms with Gasteiger partial charge in [-0.25, -0.2) is 4.39 Å². The molecule has 1 fully saturated rings. The summed E-state index contributed by atoms with van der Waals surface area (Å²) < 4.78 is 13.0. The number of nitrogens with one attached hydrogen (secondary N) is 2. The number of aromatic amines is 1. The zero-order valence-electron chi connectivity index (χ0n) is 15.5. The summed E-state index contributed by atoms with van der Waals surface area (Å²) in [5.74, 6) is 0.0371. The van der Waals surface area contributed by atoms with Gasteiger partial charge in [0, 0.05) is 16.6 Å². The number of halogens is 1. The van der Waals surface area contributed by atoms with Gasteiger partial charge in [-0.1, -0.05) is 13.0 Å². The Balaban J connectivity index is 1.50. The van der Waals surface area contributed by atoms with Crippen molar-refractivity contribution in [3.05, 3.63) is 65.6 Å². The number of anilines is 1. The first kappa shape index (κ1) is 17.7. The SMILES string of the molecule is CCN1CCC(c2ccc3[nH]c(C(=O)Nc4ccc(F)cc4)cc3c2)CC1. The number of hydrogen-bond acceptors (Lipinski definition) is 2. The molecular weight excluding hydrogens is 341 g/mol. The molecule has 0 aliphatic carbocycles. The molecule has 0 saturated carbocycles. The van der Waals surface area contributed by atoms with Crippen LogP contribution >= 0.6 is 0 Å². The number of piperidine rings is 1. The van der Waals surface area contributed by atoms with E-state index in [-0.39, 0.29) is 11.7 Å². The fraction of sp³-hybridized carbons (Fsp3) is 0.318. The van der Waals surface area contributed by atoms with Crippen molar-refractivity contribution in [1.29, 1.82) is 0 Å². The molecule has 0 spiro atoms. The molecule has 4 nitrogen and oxygen atoms in total. The Hall–Kier alpha value is -2.66. The van der Waals surface area contributed by atoms with E-state index in [1.54, 1.807) is 12.1 Å². The van der Waals surface area contributed by atoms with Gasteiger partial charge in [-0.2, -0.15) is 0 Å². The Morgan fingerprint density at radius 2 is 1.89 bits per heavy atom. The van der Waals surface area contributed by atoms with Crippen LogP contribution in [0.25, 0.3) is 10.9 Å². The van der Waals surface area contributed by atoms with Crippen LogP contribution < -0.4 is 5.32 Å². The fourth-order valence-corrected chi connectivity index (χ4v) is 3.84. The molecule has 3 aromatic rings. The van der Waals surface area contributed by atoms with Crippen LogP contribution in [-0.4, -0.2) is 35.4 Å². The summed E-state index contributed by atoms with van der Waals surface area (Å²) in [5, 5.41) is 3.84. The Morgan fingerprint density at radius 3 is 2.59 bits per heavy atom. The minimum atomic E-state index is -0.323. The van der Waals surface area contributed by atoms with Crippen LogP contribution in [0.5, 0.6) is 0 Å². The van der Waals surface area contributed by atoms with E-state index in [9.17, 15) is 9.18 Å². The van der Waals surface area contributed by atoms with Crippen LogP contribution in [0.1, 0.15) is 41.7 Å². The molecule has 0 unspecified atom stereocenters. The summed E-state index contributed by atoms with van der Waals surface area (Å²) in [7, 11) is 0. The van der Waals surface area contributed by atoms with Crippen molar-refractivity contribution in [2.75, 3.05) is 25.0 Å². The monoisotopic (exact) mass is 365 g/mol. The number of rotatable bonds is 4. The highest BCUT2D eigenvalue weighted by molar-refractivity contribution is 6.05. The van der Waals surface area contributed by atoms with E-state index in [1.807, 2.05) is 6.07 Å². The van der Waals surface area contributed by atoms with Gasteiger partial charge < -0.3 is 15.2 Å². The van der Waals surface area contributed by atoms with Gasteiger partial charge in [-0.3, -0.25) is 4.79 Å². The van der Waals surface area contributed by atoms with Crippen molar-refractivity contribution < 1.29 is 9.18 Å². The maximum Gasteiger partial charge on any atom is 0.272 e. The smallest absolute Gasteiger partial charge is 0.272 e. The van der Waals surface area contributed by atoms with Gasteiger partial charge in [-0.15, -0.1) is 0 Å². The first-order valence-electron chi connectivity index (χ1n) is 9.54. The number of nitrogens with zero attached hydrogens (tertiary/aromatic N) is 1. The lowest BCUT2D eigenvalue weighted by Gasteiger charge is -2.31. The lowest BCUT2D eigenvalue weighted by Crippen LogP contribution is -2.32. The third kappa shape index (κ3) is 3.88. The van der Waals surface area contributed by atoms with Crippen molar-refractivity contribution in [3.63, 3.8) is 0 Å². The quantitative estimate of drug-likeness (QED) is 0.700. The van der Waals surface area contributed by atoms with E-state index in [0.717, 1.165) is 30.5 Å². The minimum absolute atomic E-state index is 0.226. The largest absolute Gasteiger partial charge is 0.351 e. The number of likely N-dealkylation sites (tertiary alicyclic amines) is 1. The Labute approximate surface area is 158 Å². The van der Waals surface area contributed by atoms with Crippen LogP contribution in [0.3, 0.4) is 0 Å². The summed E-state index contributed by atoms with van der Waals surface area (Å²) in [6.07, 6.45) is 2.36. The summed E-state index contributed by atoms with van der Waals surface area (Å²) in [6.45, 7) is 5.64. The molecular formula is C22H24FN3O. The highest BCUT2D eigenvalue weighted by atomic mass is 19.1. The standard InChI is InChI=1S/C22H24FN3O/c1-2-26-11-9-15(10-12-26)16-3-8-20-17(13-16)14-21(25-20)22(27)24-19-6-4-18(23)5-7-19/h3-8,13-15,25H,2,9-12H2,1H3,(H,24,27). The Kier molecular flexibility index (Phi) is 4.94. The zero-order chi connectivity index (χ0) is 18.8. The molecule has 5 heteroatoms. The van der Waals surface area contributed by atoms with Crippen LogP contribution in [0.15, 0.2) is 48.5 Å². The molecule has 1 amide bonds. The molecule has 1 aliphatic heterocycles. The number of aromatic nitrogens is 1. The van der Waals surface area contributed by atoms with Gasteiger partial charge in [0.05, 0.1) is 0 Å². The molecule has 2 heterocycles. The van der Waals surface area contributed by atoms with Crippen LogP contribution in [0.2, 0.25) is 0 Å². The highest BCUT2D eigenvalue weighted by Crippen LogP contribution is 2.30. The van der Waals surface area contributed by atoms with Crippen LogP contribution in [0.4, 0.5) is 10.1 Å². The zero-order valence-corrected chi connectivity index (χ0v) is 15.5. The van der Waals surface area contributed by atoms with Gasteiger partial charge in [0.25, 0.3) is 5.91 Å². The van der Waals surface area contributed by atoms with Crippen LogP contribution in [0, 0.1) is 5.82 Å². The predicted molar refractivity (Wildman–Crippen MR) is 107 cm³/mol. The van der Waals surface area contributed by atoms with Crippen LogP contribution in [-0.2, 0) is 0 Å². The predicted octanol–water partition coefficient (Wildman–Crippen LogP) is 4.76. The summed E-state index contributed by atoms with van der Waals surface area (Å²) in [6, 6.07) is 14.1. The van der Waals surface area contributed by atoms with Gasteiger partial charge in [0.2, 0.25) is 0 Å². The molecule has 140 valence electrons. The first-order chi connectivity index (χ1) is 13.1. The number of benzene rings is 2. The molecule has 4 rings (SSSR count). The van der Waals surface area contributed by atoms with E-state index < -0.39 is 0 Å². The normalized spacial score (nSPS) is 15.9.